The number of fused-ring (bicyclic) bond motifs is 1. The summed E-state index contributed by atoms with van der Waals surface area (Å²) in [5, 5.41) is 5.12. The molecule has 0 fully saturated rings. The van der Waals surface area contributed by atoms with E-state index in [1.807, 2.05) is 36.6 Å². The van der Waals surface area contributed by atoms with E-state index in [9.17, 15) is 14.0 Å². The summed E-state index contributed by atoms with van der Waals surface area (Å²) < 4.78 is 15.1. The maximum atomic E-state index is 13.0. The molecule has 0 aliphatic heterocycles. The van der Waals surface area contributed by atoms with Crippen molar-refractivity contribution in [2.45, 2.75) is 12.1 Å². The Bertz CT molecular complexity index is 1280. The molecular formula is C22H18FN3O2S2. The summed E-state index contributed by atoms with van der Waals surface area (Å²) in [5.74, 6) is -0.548. The van der Waals surface area contributed by atoms with E-state index in [1.54, 1.807) is 7.05 Å². The largest absolute Gasteiger partial charge is 0.325 e. The number of rotatable bonds is 5. The van der Waals surface area contributed by atoms with Crippen LogP contribution in [0.2, 0.25) is 0 Å². The van der Waals surface area contributed by atoms with Crippen molar-refractivity contribution in [1.29, 1.82) is 0 Å². The molecule has 2 aromatic heterocycles. The maximum Gasteiger partial charge on any atom is 0.271 e. The van der Waals surface area contributed by atoms with E-state index in [2.05, 4.69) is 5.32 Å². The zero-order valence-electron chi connectivity index (χ0n) is 16.3. The number of anilines is 1. The Morgan fingerprint density at radius 1 is 1.17 bits per heavy atom. The van der Waals surface area contributed by atoms with Crippen LogP contribution >= 0.6 is 23.1 Å². The van der Waals surface area contributed by atoms with Gasteiger partial charge in [0.1, 0.15) is 10.5 Å². The number of nitrogens with zero attached hydrogens (tertiary/aromatic N) is 2. The van der Waals surface area contributed by atoms with Crippen molar-refractivity contribution in [3.8, 4) is 11.1 Å². The number of benzene rings is 2. The molecule has 1 N–H and O–H groups in total. The fourth-order valence-electron chi connectivity index (χ4n) is 2.95. The predicted octanol–water partition coefficient (Wildman–Crippen LogP) is 4.84. The van der Waals surface area contributed by atoms with Crippen molar-refractivity contribution in [2.75, 3.05) is 11.1 Å². The number of aryl methyl sites for hydroxylation is 1. The fraction of sp³-hybridized carbons (Fsp3) is 0.136. The lowest BCUT2D eigenvalue weighted by molar-refractivity contribution is -0.113. The van der Waals surface area contributed by atoms with E-state index < -0.39 is 0 Å². The second-order valence-electron chi connectivity index (χ2n) is 6.80. The highest BCUT2D eigenvalue weighted by Crippen LogP contribution is 2.32. The van der Waals surface area contributed by atoms with Crippen LogP contribution in [0.5, 0.6) is 0 Å². The van der Waals surface area contributed by atoms with Crippen LogP contribution in [0.3, 0.4) is 0 Å². The lowest BCUT2D eigenvalue weighted by Gasteiger charge is -2.09. The summed E-state index contributed by atoms with van der Waals surface area (Å²) in [6, 6.07) is 13.6. The van der Waals surface area contributed by atoms with E-state index >= 15 is 0 Å². The number of carbonyl (C=O) groups is 1. The first-order chi connectivity index (χ1) is 14.4. The Hall–Kier alpha value is -2.97. The molecule has 0 bridgehead atoms. The van der Waals surface area contributed by atoms with E-state index in [4.69, 9.17) is 4.98 Å². The van der Waals surface area contributed by atoms with Crippen molar-refractivity contribution in [3.05, 3.63) is 75.6 Å². The minimum atomic E-state index is -0.366. The maximum absolute atomic E-state index is 13.0. The summed E-state index contributed by atoms with van der Waals surface area (Å²) in [4.78, 5) is 29.8. The first-order valence-electron chi connectivity index (χ1n) is 9.16. The molecule has 0 aliphatic rings. The van der Waals surface area contributed by atoms with E-state index in [0.29, 0.717) is 21.1 Å². The van der Waals surface area contributed by atoms with Gasteiger partial charge in [0.05, 0.1) is 11.3 Å². The number of aromatic nitrogens is 2. The summed E-state index contributed by atoms with van der Waals surface area (Å²) in [7, 11) is 1.65. The SMILES string of the molecule is Cc1ccc(-c2csc3c(=O)n(C)c(SCC(=O)Nc4ccc(F)cc4)nc23)cc1. The Balaban J connectivity index is 1.59. The van der Waals surface area contributed by atoms with Crippen LogP contribution in [0.15, 0.2) is 63.9 Å². The average molecular weight is 440 g/mol. The Labute approximate surface area is 180 Å². The summed E-state index contributed by atoms with van der Waals surface area (Å²) in [6.45, 7) is 2.02. The molecule has 4 aromatic rings. The third-order valence-electron chi connectivity index (χ3n) is 4.58. The standard InChI is InChI=1S/C22H18FN3O2S2/c1-13-3-5-14(6-4-13)17-11-29-20-19(17)25-22(26(2)21(20)28)30-12-18(27)24-16-9-7-15(23)8-10-16/h3-11H,12H2,1-2H3,(H,24,27). The summed E-state index contributed by atoms with van der Waals surface area (Å²) in [6.07, 6.45) is 0. The van der Waals surface area contributed by atoms with Gasteiger partial charge >= 0.3 is 0 Å². The van der Waals surface area contributed by atoms with Crippen molar-refractivity contribution in [1.82, 2.24) is 9.55 Å². The molecule has 1 amide bonds. The first kappa shape index (κ1) is 20.3. The molecule has 0 unspecified atom stereocenters. The fourth-order valence-corrected chi connectivity index (χ4v) is 4.70. The minimum Gasteiger partial charge on any atom is -0.325 e. The molecule has 30 heavy (non-hydrogen) atoms. The Morgan fingerprint density at radius 3 is 2.57 bits per heavy atom. The van der Waals surface area contributed by atoms with Crippen LogP contribution in [0.4, 0.5) is 10.1 Å². The molecule has 2 heterocycles. The van der Waals surface area contributed by atoms with Crippen LogP contribution < -0.4 is 10.9 Å². The molecule has 4 rings (SSSR count). The molecule has 0 saturated carbocycles. The summed E-state index contributed by atoms with van der Waals surface area (Å²) >= 11 is 2.56. The van der Waals surface area contributed by atoms with Gasteiger partial charge in [0.25, 0.3) is 5.56 Å². The highest BCUT2D eigenvalue weighted by Gasteiger charge is 2.16. The number of thiophene rings is 1. The first-order valence-corrected chi connectivity index (χ1v) is 11.0. The van der Waals surface area contributed by atoms with Crippen LogP contribution in [-0.4, -0.2) is 21.2 Å². The molecule has 0 radical (unpaired) electrons. The monoisotopic (exact) mass is 439 g/mol. The number of hydrogen-bond donors (Lipinski definition) is 1. The average Bonchev–Trinajstić information content (AvgIpc) is 3.16. The van der Waals surface area contributed by atoms with Gasteiger partial charge in [-0.25, -0.2) is 9.37 Å². The number of hydrogen-bond acceptors (Lipinski definition) is 5. The number of thioether (sulfide) groups is 1. The van der Waals surface area contributed by atoms with Crippen LogP contribution in [0, 0.1) is 12.7 Å². The van der Waals surface area contributed by atoms with Gasteiger partial charge in [-0.1, -0.05) is 41.6 Å². The van der Waals surface area contributed by atoms with Crippen LogP contribution in [-0.2, 0) is 11.8 Å². The minimum absolute atomic E-state index is 0.0766. The quantitative estimate of drug-likeness (QED) is 0.357. The van der Waals surface area contributed by atoms with Gasteiger partial charge < -0.3 is 5.32 Å². The summed E-state index contributed by atoms with van der Waals surface area (Å²) in [5.41, 5.74) is 4.09. The van der Waals surface area contributed by atoms with E-state index in [0.717, 1.165) is 16.7 Å². The van der Waals surface area contributed by atoms with Gasteiger partial charge in [-0.05, 0) is 36.8 Å². The van der Waals surface area contributed by atoms with Crippen molar-refractivity contribution in [2.24, 2.45) is 7.05 Å². The van der Waals surface area contributed by atoms with Crippen molar-refractivity contribution in [3.63, 3.8) is 0 Å². The lowest BCUT2D eigenvalue weighted by atomic mass is 10.1. The van der Waals surface area contributed by atoms with E-state index in [1.165, 1.54) is 51.9 Å². The van der Waals surface area contributed by atoms with Crippen molar-refractivity contribution >= 4 is 44.9 Å². The highest BCUT2D eigenvalue weighted by molar-refractivity contribution is 7.99. The zero-order chi connectivity index (χ0) is 21.3. The van der Waals surface area contributed by atoms with Gasteiger partial charge in [0.2, 0.25) is 5.91 Å². The molecule has 2 aromatic carbocycles. The molecular weight excluding hydrogens is 421 g/mol. The second kappa shape index (κ2) is 8.41. The third kappa shape index (κ3) is 4.15. The molecule has 0 atom stereocenters. The van der Waals surface area contributed by atoms with Crippen LogP contribution in [0.1, 0.15) is 5.56 Å². The highest BCUT2D eigenvalue weighted by atomic mass is 32.2. The van der Waals surface area contributed by atoms with E-state index in [-0.39, 0.29) is 23.0 Å². The molecule has 0 spiro atoms. The van der Waals surface area contributed by atoms with Gasteiger partial charge in [0.15, 0.2) is 5.16 Å². The second-order valence-corrected chi connectivity index (χ2v) is 8.62. The third-order valence-corrected chi connectivity index (χ3v) is 6.57. The Kier molecular flexibility index (Phi) is 5.69. The van der Waals surface area contributed by atoms with Crippen molar-refractivity contribution < 1.29 is 9.18 Å². The smallest absolute Gasteiger partial charge is 0.271 e. The number of nitrogens with one attached hydrogen (secondary N) is 1. The number of amides is 1. The molecule has 8 heteroatoms. The van der Waals surface area contributed by atoms with Gasteiger partial charge in [0, 0.05) is 23.7 Å². The van der Waals surface area contributed by atoms with Crippen LogP contribution in [0.25, 0.3) is 21.3 Å². The zero-order valence-corrected chi connectivity index (χ0v) is 17.9. The topological polar surface area (TPSA) is 64.0 Å². The Morgan fingerprint density at radius 2 is 1.87 bits per heavy atom. The lowest BCUT2D eigenvalue weighted by Crippen LogP contribution is -2.20. The van der Waals surface area contributed by atoms with Gasteiger partial charge in [-0.2, -0.15) is 0 Å². The predicted molar refractivity (Wildman–Crippen MR) is 121 cm³/mol. The number of halogens is 1. The molecule has 152 valence electrons. The molecule has 0 aliphatic carbocycles. The molecule has 5 nitrogen and oxygen atoms in total. The number of carbonyl (C=O) groups excluding carboxylic acids is 1. The molecule has 0 saturated heterocycles. The van der Waals surface area contributed by atoms with Gasteiger partial charge in [-0.15, -0.1) is 11.3 Å². The van der Waals surface area contributed by atoms with Gasteiger partial charge in [-0.3, -0.25) is 14.2 Å². The normalized spacial score (nSPS) is 11.0.